The minimum atomic E-state index is -0.240. The van der Waals surface area contributed by atoms with E-state index in [0.29, 0.717) is 6.04 Å². The van der Waals surface area contributed by atoms with Gasteiger partial charge in [0, 0.05) is 36.8 Å². The van der Waals surface area contributed by atoms with E-state index >= 15 is 0 Å². The molecular weight excluding hydrogens is 242 g/mol. The summed E-state index contributed by atoms with van der Waals surface area (Å²) < 4.78 is 0. The summed E-state index contributed by atoms with van der Waals surface area (Å²) in [5, 5.41) is 6.81. The highest BCUT2D eigenvalue weighted by Crippen LogP contribution is 2.20. The molecule has 19 heavy (non-hydrogen) atoms. The van der Waals surface area contributed by atoms with Gasteiger partial charge in [-0.05, 0) is 33.0 Å². The number of aromatic amines is 1. The molecule has 0 saturated carbocycles. The number of hydrogen-bond acceptors (Lipinski definition) is 5. The summed E-state index contributed by atoms with van der Waals surface area (Å²) in [6, 6.07) is 0.427. The van der Waals surface area contributed by atoms with E-state index < -0.39 is 0 Å². The number of anilines is 1. The fourth-order valence-electron chi connectivity index (χ4n) is 2.84. The normalized spacial score (nSPS) is 21.1. The van der Waals surface area contributed by atoms with Crippen molar-refractivity contribution < 1.29 is 0 Å². The van der Waals surface area contributed by atoms with E-state index in [-0.39, 0.29) is 5.69 Å². The largest absolute Gasteiger partial charge is 0.367 e. The summed E-state index contributed by atoms with van der Waals surface area (Å²) in [6.07, 6.45) is 3.08. The van der Waals surface area contributed by atoms with Crippen LogP contribution in [0.1, 0.15) is 24.1 Å². The van der Waals surface area contributed by atoms with Crippen LogP contribution in [0.15, 0.2) is 4.79 Å². The van der Waals surface area contributed by atoms with Gasteiger partial charge in [-0.25, -0.2) is 4.79 Å². The number of likely N-dealkylation sites (tertiary alicyclic amines) is 1. The van der Waals surface area contributed by atoms with Crippen LogP contribution >= 0.6 is 0 Å². The topological polar surface area (TPSA) is 73.0 Å². The SMILES string of the molecule is CN1CCC(Nc2nc(=O)[nH]c3c2CNCC3)CC1. The lowest BCUT2D eigenvalue weighted by Crippen LogP contribution is -2.38. The molecule has 2 aliphatic rings. The van der Waals surface area contributed by atoms with Crippen LogP contribution in [0, 0.1) is 0 Å². The quantitative estimate of drug-likeness (QED) is 0.696. The molecule has 0 radical (unpaired) electrons. The summed E-state index contributed by atoms with van der Waals surface area (Å²) in [6.45, 7) is 3.90. The Morgan fingerprint density at radius 1 is 1.37 bits per heavy atom. The van der Waals surface area contributed by atoms with Crippen molar-refractivity contribution in [1.29, 1.82) is 0 Å². The summed E-state index contributed by atoms with van der Waals surface area (Å²) >= 11 is 0. The summed E-state index contributed by atoms with van der Waals surface area (Å²) in [5.41, 5.74) is 1.93. The smallest absolute Gasteiger partial charge is 0.347 e. The number of rotatable bonds is 2. The van der Waals surface area contributed by atoms with E-state index in [9.17, 15) is 4.79 Å². The number of piperidine rings is 1. The van der Waals surface area contributed by atoms with Crippen molar-refractivity contribution in [2.24, 2.45) is 0 Å². The predicted octanol–water partition coefficient (Wildman–Crippen LogP) is -0.0783. The van der Waals surface area contributed by atoms with Crippen LogP contribution in [-0.2, 0) is 13.0 Å². The molecule has 0 aromatic carbocycles. The van der Waals surface area contributed by atoms with Gasteiger partial charge in [-0.15, -0.1) is 0 Å². The second kappa shape index (κ2) is 5.30. The van der Waals surface area contributed by atoms with Crippen molar-refractivity contribution in [3.63, 3.8) is 0 Å². The van der Waals surface area contributed by atoms with Crippen molar-refractivity contribution in [2.75, 3.05) is 32.0 Å². The number of nitrogens with zero attached hydrogens (tertiary/aromatic N) is 2. The van der Waals surface area contributed by atoms with E-state index in [0.717, 1.165) is 62.5 Å². The number of fused-ring (bicyclic) bond motifs is 1. The second-order valence-corrected chi connectivity index (χ2v) is 5.50. The molecule has 0 aliphatic carbocycles. The first kappa shape index (κ1) is 12.6. The molecule has 0 amide bonds. The number of hydrogen-bond donors (Lipinski definition) is 3. The van der Waals surface area contributed by atoms with E-state index in [2.05, 4.69) is 32.5 Å². The van der Waals surface area contributed by atoms with Gasteiger partial charge in [0.25, 0.3) is 0 Å². The molecule has 3 heterocycles. The third-order valence-electron chi connectivity index (χ3n) is 4.03. The molecule has 104 valence electrons. The Balaban J connectivity index is 1.80. The molecule has 1 aromatic heterocycles. The zero-order valence-corrected chi connectivity index (χ0v) is 11.3. The van der Waals surface area contributed by atoms with Crippen LogP contribution in [-0.4, -0.2) is 47.6 Å². The van der Waals surface area contributed by atoms with Crippen molar-refractivity contribution in [2.45, 2.75) is 31.8 Å². The van der Waals surface area contributed by atoms with Gasteiger partial charge in [0.15, 0.2) is 0 Å². The maximum absolute atomic E-state index is 11.6. The van der Waals surface area contributed by atoms with Gasteiger partial charge in [0.05, 0.1) is 0 Å². The summed E-state index contributed by atoms with van der Waals surface area (Å²) in [5.74, 6) is 0.778. The average molecular weight is 263 g/mol. The Bertz CT molecular complexity index is 504. The number of aromatic nitrogens is 2. The van der Waals surface area contributed by atoms with Gasteiger partial charge in [0.1, 0.15) is 5.82 Å². The Morgan fingerprint density at radius 3 is 2.95 bits per heavy atom. The molecule has 0 spiro atoms. The Labute approximate surface area is 112 Å². The molecule has 0 bridgehead atoms. The van der Waals surface area contributed by atoms with Crippen molar-refractivity contribution in [3.8, 4) is 0 Å². The van der Waals surface area contributed by atoms with Crippen molar-refractivity contribution in [3.05, 3.63) is 21.7 Å². The van der Waals surface area contributed by atoms with Gasteiger partial charge in [0.2, 0.25) is 0 Å². The first-order valence-electron chi connectivity index (χ1n) is 7.00. The highest BCUT2D eigenvalue weighted by Gasteiger charge is 2.21. The standard InChI is InChI=1S/C13H21N5O/c1-18-6-3-9(4-7-18)15-12-10-8-14-5-2-11(10)16-13(19)17-12/h9,14H,2-8H2,1H3,(H2,15,16,17,19). The summed E-state index contributed by atoms with van der Waals surface area (Å²) in [7, 11) is 2.15. The second-order valence-electron chi connectivity index (χ2n) is 5.50. The Hall–Kier alpha value is -1.40. The number of nitrogens with one attached hydrogen (secondary N) is 3. The lowest BCUT2D eigenvalue weighted by atomic mass is 10.0. The minimum absolute atomic E-state index is 0.240. The average Bonchev–Trinajstić information content (AvgIpc) is 2.41. The molecule has 2 aliphatic heterocycles. The van der Waals surface area contributed by atoms with Gasteiger partial charge in [-0.3, -0.25) is 0 Å². The zero-order valence-electron chi connectivity index (χ0n) is 11.3. The third-order valence-corrected chi connectivity index (χ3v) is 4.03. The maximum atomic E-state index is 11.6. The molecule has 6 heteroatoms. The Kier molecular flexibility index (Phi) is 3.52. The van der Waals surface area contributed by atoms with Crippen LogP contribution in [0.4, 0.5) is 5.82 Å². The maximum Gasteiger partial charge on any atom is 0.347 e. The fourth-order valence-corrected chi connectivity index (χ4v) is 2.84. The van der Waals surface area contributed by atoms with E-state index in [4.69, 9.17) is 0 Å². The van der Waals surface area contributed by atoms with E-state index in [1.54, 1.807) is 0 Å². The van der Waals surface area contributed by atoms with Crippen LogP contribution in [0.5, 0.6) is 0 Å². The van der Waals surface area contributed by atoms with Crippen LogP contribution in [0.3, 0.4) is 0 Å². The van der Waals surface area contributed by atoms with E-state index in [1.807, 2.05) is 0 Å². The first-order valence-corrected chi connectivity index (χ1v) is 7.00. The van der Waals surface area contributed by atoms with Gasteiger partial charge in [-0.1, -0.05) is 0 Å². The number of H-pyrrole nitrogens is 1. The van der Waals surface area contributed by atoms with Gasteiger partial charge >= 0.3 is 5.69 Å². The molecule has 3 rings (SSSR count). The molecule has 1 aromatic rings. The van der Waals surface area contributed by atoms with Crippen molar-refractivity contribution in [1.82, 2.24) is 20.2 Å². The fraction of sp³-hybridized carbons (Fsp3) is 0.692. The van der Waals surface area contributed by atoms with E-state index in [1.165, 1.54) is 0 Å². The molecular formula is C13H21N5O. The molecule has 1 saturated heterocycles. The van der Waals surface area contributed by atoms with Gasteiger partial charge < -0.3 is 20.5 Å². The zero-order chi connectivity index (χ0) is 13.2. The van der Waals surface area contributed by atoms with Gasteiger partial charge in [-0.2, -0.15) is 4.98 Å². The van der Waals surface area contributed by atoms with Crippen LogP contribution in [0.2, 0.25) is 0 Å². The van der Waals surface area contributed by atoms with Crippen LogP contribution < -0.4 is 16.3 Å². The third kappa shape index (κ3) is 2.79. The monoisotopic (exact) mass is 263 g/mol. The first-order chi connectivity index (χ1) is 9.22. The minimum Gasteiger partial charge on any atom is -0.367 e. The molecule has 3 N–H and O–H groups in total. The highest BCUT2D eigenvalue weighted by atomic mass is 16.1. The lowest BCUT2D eigenvalue weighted by Gasteiger charge is -2.30. The molecule has 0 atom stereocenters. The summed E-state index contributed by atoms with van der Waals surface area (Å²) in [4.78, 5) is 20.9. The molecule has 0 unspecified atom stereocenters. The van der Waals surface area contributed by atoms with Crippen molar-refractivity contribution >= 4 is 5.82 Å². The highest BCUT2D eigenvalue weighted by molar-refractivity contribution is 5.47. The predicted molar refractivity (Wildman–Crippen MR) is 74.4 cm³/mol. The van der Waals surface area contributed by atoms with Crippen LogP contribution in [0.25, 0.3) is 0 Å². The molecule has 1 fully saturated rings. The molecule has 6 nitrogen and oxygen atoms in total. The lowest BCUT2D eigenvalue weighted by molar-refractivity contribution is 0.263. The Morgan fingerprint density at radius 2 is 2.16 bits per heavy atom.